The van der Waals surface area contributed by atoms with E-state index in [9.17, 15) is 9.59 Å². The molecule has 1 atom stereocenters. The Morgan fingerprint density at radius 1 is 1.18 bits per heavy atom. The van der Waals surface area contributed by atoms with E-state index in [0.29, 0.717) is 23.1 Å². The third-order valence-electron chi connectivity index (χ3n) is 4.20. The molecule has 1 aliphatic rings. The maximum Gasteiger partial charge on any atom is 0.242 e. The van der Waals surface area contributed by atoms with Crippen molar-refractivity contribution >= 4 is 40.1 Å². The first-order valence-electron chi connectivity index (χ1n) is 9.17. The second kappa shape index (κ2) is 9.41. The van der Waals surface area contributed by atoms with Gasteiger partial charge in [-0.05, 0) is 30.7 Å². The number of carbonyl (C=O) groups excluding carboxylic acids is 2. The largest absolute Gasteiger partial charge is 0.495 e. The zero-order valence-electron chi connectivity index (χ0n) is 15.9. The minimum absolute atomic E-state index is 0.0725. The summed E-state index contributed by atoms with van der Waals surface area (Å²) < 4.78 is 5.26. The molecule has 0 aliphatic carbocycles. The van der Waals surface area contributed by atoms with Crippen LogP contribution in [0.25, 0.3) is 0 Å². The highest BCUT2D eigenvalue weighted by atomic mass is 32.2. The van der Waals surface area contributed by atoms with Gasteiger partial charge >= 0.3 is 0 Å². The van der Waals surface area contributed by atoms with Crippen molar-refractivity contribution in [2.45, 2.75) is 25.0 Å². The number of nitrogens with one attached hydrogen (secondary N) is 1. The number of ether oxygens (including phenoxy) is 1. The van der Waals surface area contributed by atoms with E-state index in [0.717, 1.165) is 12.1 Å². The Labute approximate surface area is 169 Å². The summed E-state index contributed by atoms with van der Waals surface area (Å²) in [5.41, 5.74) is 1.38. The second-order valence-electron chi connectivity index (χ2n) is 6.28. The molecule has 1 unspecified atom stereocenters. The lowest BCUT2D eigenvalue weighted by molar-refractivity contribution is -0.128. The number of carbonyl (C=O) groups is 2. The Morgan fingerprint density at radius 2 is 1.89 bits per heavy atom. The predicted octanol–water partition coefficient (Wildman–Crippen LogP) is 4.07. The molecule has 1 fully saturated rings. The van der Waals surface area contributed by atoms with Crippen LogP contribution in [0.15, 0.2) is 59.6 Å². The van der Waals surface area contributed by atoms with E-state index in [1.807, 2.05) is 49.4 Å². The van der Waals surface area contributed by atoms with E-state index in [1.54, 1.807) is 24.1 Å². The molecular weight excluding hydrogens is 374 g/mol. The maximum absolute atomic E-state index is 12.8. The molecule has 6 nitrogen and oxygen atoms in total. The lowest BCUT2D eigenvalue weighted by Gasteiger charge is -2.15. The summed E-state index contributed by atoms with van der Waals surface area (Å²) in [7, 11) is 1.55. The van der Waals surface area contributed by atoms with Crippen LogP contribution in [0, 0.1) is 0 Å². The van der Waals surface area contributed by atoms with Crippen LogP contribution in [-0.2, 0) is 9.59 Å². The number of hydrogen-bond acceptors (Lipinski definition) is 5. The lowest BCUT2D eigenvalue weighted by atomic mass is 10.2. The zero-order valence-corrected chi connectivity index (χ0v) is 16.7. The van der Waals surface area contributed by atoms with E-state index >= 15 is 0 Å². The number of nitrogens with zero attached hydrogens (tertiary/aromatic N) is 2. The Kier molecular flexibility index (Phi) is 6.71. The van der Waals surface area contributed by atoms with Gasteiger partial charge in [0.05, 0.1) is 18.5 Å². The highest BCUT2D eigenvalue weighted by molar-refractivity contribution is 8.15. The first kappa shape index (κ1) is 19.9. The fraction of sp³-hybridized carbons (Fsp3) is 0.286. The summed E-state index contributed by atoms with van der Waals surface area (Å²) in [5.74, 6) is 0.282. The van der Waals surface area contributed by atoms with Crippen molar-refractivity contribution in [3.63, 3.8) is 0 Å². The summed E-state index contributed by atoms with van der Waals surface area (Å²) in [6, 6.07) is 16.7. The van der Waals surface area contributed by atoms with Crippen molar-refractivity contribution in [3.05, 3.63) is 54.6 Å². The van der Waals surface area contributed by atoms with Crippen molar-refractivity contribution in [2.75, 3.05) is 19.0 Å². The molecule has 2 aromatic rings. The van der Waals surface area contributed by atoms with Crippen LogP contribution < -0.4 is 10.1 Å². The molecule has 0 saturated carbocycles. The number of amidine groups is 1. The van der Waals surface area contributed by atoms with Crippen molar-refractivity contribution < 1.29 is 14.3 Å². The minimum atomic E-state index is -0.483. The highest BCUT2D eigenvalue weighted by Crippen LogP contribution is 2.32. The first-order valence-corrected chi connectivity index (χ1v) is 10.0. The Hall–Kier alpha value is -2.80. The van der Waals surface area contributed by atoms with E-state index in [1.165, 1.54) is 11.8 Å². The van der Waals surface area contributed by atoms with Crippen LogP contribution in [0.4, 0.5) is 11.4 Å². The molecule has 1 aliphatic heterocycles. The van der Waals surface area contributed by atoms with Gasteiger partial charge in [-0.1, -0.05) is 49.0 Å². The summed E-state index contributed by atoms with van der Waals surface area (Å²) >= 11 is 1.34. The molecule has 1 N–H and O–H groups in total. The Morgan fingerprint density at radius 3 is 2.61 bits per heavy atom. The molecular formula is C21H23N3O3S. The van der Waals surface area contributed by atoms with Gasteiger partial charge in [0, 0.05) is 13.0 Å². The van der Waals surface area contributed by atoms with Crippen molar-refractivity contribution in [3.8, 4) is 5.75 Å². The molecule has 2 amide bonds. The number of methoxy groups -OCH3 is 1. The molecule has 1 saturated heterocycles. The standard InChI is InChI=1S/C21H23N3O3S/c1-3-13-24-20(26)18(28-21(24)22-15-9-5-4-6-10-15)14-19(25)23-16-11-7-8-12-17(16)27-2/h4-12,18H,3,13-14H2,1-2H3,(H,23,25). The van der Waals surface area contributed by atoms with Crippen molar-refractivity contribution in [1.82, 2.24) is 4.90 Å². The van der Waals surface area contributed by atoms with Crippen LogP contribution in [0.3, 0.4) is 0 Å². The molecule has 2 aromatic carbocycles. The van der Waals surface area contributed by atoms with Gasteiger partial charge in [0.15, 0.2) is 5.17 Å². The molecule has 0 aromatic heterocycles. The Bertz CT molecular complexity index is 870. The molecule has 1 heterocycles. The monoisotopic (exact) mass is 397 g/mol. The normalized spacial score (nSPS) is 17.8. The third-order valence-corrected chi connectivity index (χ3v) is 5.38. The predicted molar refractivity (Wildman–Crippen MR) is 113 cm³/mol. The molecule has 146 valence electrons. The smallest absolute Gasteiger partial charge is 0.242 e. The van der Waals surface area contributed by atoms with Gasteiger partial charge in [0.1, 0.15) is 11.0 Å². The van der Waals surface area contributed by atoms with Crippen molar-refractivity contribution in [1.29, 1.82) is 0 Å². The van der Waals surface area contributed by atoms with Gasteiger partial charge in [-0.3, -0.25) is 14.5 Å². The number of amides is 2. The summed E-state index contributed by atoms with van der Waals surface area (Å²) in [6.45, 7) is 2.60. The van der Waals surface area contributed by atoms with Crippen LogP contribution in [-0.4, -0.2) is 40.8 Å². The average molecular weight is 398 g/mol. The first-order chi connectivity index (χ1) is 13.6. The van der Waals surface area contributed by atoms with E-state index in [4.69, 9.17) is 4.74 Å². The molecule has 0 spiro atoms. The SMILES string of the molecule is CCCN1C(=O)C(CC(=O)Nc2ccccc2OC)SC1=Nc1ccccc1. The van der Waals surface area contributed by atoms with Gasteiger partial charge in [0.25, 0.3) is 0 Å². The molecule has 28 heavy (non-hydrogen) atoms. The number of para-hydroxylation sites is 3. The molecule has 3 rings (SSSR count). The summed E-state index contributed by atoms with van der Waals surface area (Å²) in [6.07, 6.45) is 0.899. The average Bonchev–Trinajstić information content (AvgIpc) is 2.98. The maximum atomic E-state index is 12.8. The van der Waals surface area contributed by atoms with Crippen LogP contribution in [0.2, 0.25) is 0 Å². The van der Waals surface area contributed by atoms with Gasteiger partial charge in [-0.2, -0.15) is 0 Å². The van der Waals surface area contributed by atoms with E-state index < -0.39 is 5.25 Å². The van der Waals surface area contributed by atoms with Gasteiger partial charge < -0.3 is 10.1 Å². The number of thioether (sulfide) groups is 1. The van der Waals surface area contributed by atoms with E-state index in [-0.39, 0.29) is 18.2 Å². The molecule has 0 bridgehead atoms. The number of anilines is 1. The van der Waals surface area contributed by atoms with Crippen LogP contribution in [0.1, 0.15) is 19.8 Å². The minimum Gasteiger partial charge on any atom is -0.495 e. The van der Waals surface area contributed by atoms with Crippen LogP contribution in [0.5, 0.6) is 5.75 Å². The zero-order chi connectivity index (χ0) is 19.9. The van der Waals surface area contributed by atoms with E-state index in [2.05, 4.69) is 10.3 Å². The Balaban J connectivity index is 1.72. The van der Waals surface area contributed by atoms with Gasteiger partial charge in [-0.25, -0.2) is 4.99 Å². The number of rotatable bonds is 7. The number of benzene rings is 2. The van der Waals surface area contributed by atoms with Gasteiger partial charge in [-0.15, -0.1) is 0 Å². The summed E-state index contributed by atoms with van der Waals surface area (Å²) in [4.78, 5) is 31.6. The number of aliphatic imine (C=N–C) groups is 1. The fourth-order valence-electron chi connectivity index (χ4n) is 2.88. The van der Waals surface area contributed by atoms with Gasteiger partial charge in [0.2, 0.25) is 11.8 Å². The highest BCUT2D eigenvalue weighted by Gasteiger charge is 2.38. The summed E-state index contributed by atoms with van der Waals surface area (Å²) in [5, 5.41) is 3.00. The second-order valence-corrected chi connectivity index (χ2v) is 7.45. The quantitative estimate of drug-likeness (QED) is 0.765. The topological polar surface area (TPSA) is 71.0 Å². The molecule has 7 heteroatoms. The van der Waals surface area contributed by atoms with Crippen molar-refractivity contribution in [2.24, 2.45) is 4.99 Å². The molecule has 0 radical (unpaired) electrons. The fourth-order valence-corrected chi connectivity index (χ4v) is 4.07. The lowest BCUT2D eigenvalue weighted by Crippen LogP contribution is -2.34. The third kappa shape index (κ3) is 4.72. The van der Waals surface area contributed by atoms with Crippen LogP contribution >= 0.6 is 11.8 Å². The number of hydrogen-bond donors (Lipinski definition) is 1.